The molecular formula is C27H36N2O5. The normalized spacial score (nSPS) is 17.2. The average molecular weight is 469 g/mol. The molecule has 1 heterocycles. The molecular weight excluding hydrogens is 432 g/mol. The van der Waals surface area contributed by atoms with Crippen molar-refractivity contribution < 1.29 is 24.5 Å². The van der Waals surface area contributed by atoms with Crippen LogP contribution in [0.3, 0.4) is 0 Å². The van der Waals surface area contributed by atoms with Crippen LogP contribution in [0.5, 0.6) is 11.5 Å². The minimum atomic E-state index is -0.126. The summed E-state index contributed by atoms with van der Waals surface area (Å²) in [4.78, 5) is 17.2. The molecule has 0 fully saturated rings. The maximum Gasteiger partial charge on any atom is 0.227 e. The summed E-state index contributed by atoms with van der Waals surface area (Å²) >= 11 is 0. The molecule has 0 bridgehead atoms. The number of aliphatic hydroxyl groups is 2. The molecule has 0 spiro atoms. The second-order valence-corrected chi connectivity index (χ2v) is 9.44. The Bertz CT molecular complexity index is 1040. The highest BCUT2D eigenvalue weighted by Crippen LogP contribution is 2.42. The highest BCUT2D eigenvalue weighted by Gasteiger charge is 2.29. The lowest BCUT2D eigenvalue weighted by molar-refractivity contribution is -0.130. The first-order valence-electron chi connectivity index (χ1n) is 12.0. The number of nitrogens with zero attached hydrogens (tertiary/aromatic N) is 2. The molecule has 2 N–H and O–H groups in total. The molecule has 1 aliphatic heterocycles. The summed E-state index contributed by atoms with van der Waals surface area (Å²) < 4.78 is 10.9. The standard InChI is InChI=1S/C27H36N2O5/c1-28(15-21-11-20-12-25(33-2)26(34-3)14-24(20)21)6-4-7-29-8-5-18-9-22(16-30)23(17-31)10-19(18)13-27(29)32/h9-10,12,14,21,30-31H,4-8,11,13,15-17H2,1-3H3/t21-/m1/s1. The number of fused-ring (bicyclic) bond motifs is 2. The van der Waals surface area contributed by atoms with E-state index in [2.05, 4.69) is 24.1 Å². The summed E-state index contributed by atoms with van der Waals surface area (Å²) in [6.07, 6.45) is 3.11. The molecule has 1 atom stereocenters. The number of rotatable bonds is 10. The molecule has 184 valence electrons. The third-order valence-corrected chi connectivity index (χ3v) is 7.26. The van der Waals surface area contributed by atoms with Gasteiger partial charge in [0.1, 0.15) is 0 Å². The Morgan fingerprint density at radius 1 is 1.00 bits per heavy atom. The number of aliphatic hydroxyl groups excluding tert-OH is 2. The van der Waals surface area contributed by atoms with Crippen LogP contribution in [0.4, 0.5) is 0 Å². The summed E-state index contributed by atoms with van der Waals surface area (Å²) in [7, 11) is 5.48. The summed E-state index contributed by atoms with van der Waals surface area (Å²) in [6.45, 7) is 3.12. The van der Waals surface area contributed by atoms with Gasteiger partial charge in [-0.1, -0.05) is 12.1 Å². The van der Waals surface area contributed by atoms with Crippen LogP contribution in [-0.4, -0.2) is 73.4 Å². The van der Waals surface area contributed by atoms with E-state index in [1.54, 1.807) is 14.2 Å². The van der Waals surface area contributed by atoms with Crippen LogP contribution in [0.15, 0.2) is 24.3 Å². The Morgan fingerprint density at radius 3 is 2.35 bits per heavy atom. The lowest BCUT2D eigenvalue weighted by Gasteiger charge is -2.34. The zero-order chi connectivity index (χ0) is 24.2. The second kappa shape index (κ2) is 10.8. The molecule has 4 rings (SSSR count). The molecule has 1 amide bonds. The zero-order valence-corrected chi connectivity index (χ0v) is 20.5. The molecule has 2 aromatic carbocycles. The monoisotopic (exact) mass is 468 g/mol. The molecule has 2 aliphatic rings. The number of amides is 1. The van der Waals surface area contributed by atoms with Crippen LogP contribution in [-0.2, 0) is 37.3 Å². The molecule has 1 aliphatic carbocycles. The van der Waals surface area contributed by atoms with Crippen molar-refractivity contribution in [3.63, 3.8) is 0 Å². The fourth-order valence-electron chi connectivity index (χ4n) is 5.27. The van der Waals surface area contributed by atoms with Gasteiger partial charge in [-0.3, -0.25) is 4.79 Å². The van der Waals surface area contributed by atoms with Crippen LogP contribution in [0.25, 0.3) is 0 Å². The fourth-order valence-corrected chi connectivity index (χ4v) is 5.27. The number of hydrogen-bond acceptors (Lipinski definition) is 6. The van der Waals surface area contributed by atoms with E-state index in [9.17, 15) is 15.0 Å². The van der Waals surface area contributed by atoms with E-state index >= 15 is 0 Å². The molecule has 0 radical (unpaired) electrons. The van der Waals surface area contributed by atoms with E-state index in [0.717, 1.165) is 67.1 Å². The van der Waals surface area contributed by atoms with Gasteiger partial charge < -0.3 is 29.5 Å². The maximum atomic E-state index is 12.9. The number of ether oxygens (including phenoxy) is 2. The Morgan fingerprint density at radius 2 is 1.68 bits per heavy atom. The zero-order valence-electron chi connectivity index (χ0n) is 20.5. The van der Waals surface area contributed by atoms with Crippen molar-refractivity contribution in [3.05, 3.63) is 57.6 Å². The Hall–Kier alpha value is -2.61. The predicted octanol–water partition coefficient (Wildman–Crippen LogP) is 2.28. The maximum absolute atomic E-state index is 12.9. The SMILES string of the molecule is COc1cc2c(cc1OC)[C@@H](CN(C)CCCN1CCc3cc(CO)c(CO)cc3CC1=O)C2. The van der Waals surface area contributed by atoms with Gasteiger partial charge in [0.2, 0.25) is 5.91 Å². The van der Waals surface area contributed by atoms with E-state index in [0.29, 0.717) is 24.4 Å². The topological polar surface area (TPSA) is 82.5 Å². The second-order valence-electron chi connectivity index (χ2n) is 9.44. The number of carbonyl (C=O) groups is 1. The molecule has 7 nitrogen and oxygen atoms in total. The highest BCUT2D eigenvalue weighted by atomic mass is 16.5. The molecule has 7 heteroatoms. The van der Waals surface area contributed by atoms with E-state index in [-0.39, 0.29) is 19.1 Å². The van der Waals surface area contributed by atoms with Crippen LogP contribution in [0.2, 0.25) is 0 Å². The van der Waals surface area contributed by atoms with E-state index in [4.69, 9.17) is 9.47 Å². The molecule has 0 saturated carbocycles. The summed E-state index contributed by atoms with van der Waals surface area (Å²) in [5.41, 5.74) is 6.20. The summed E-state index contributed by atoms with van der Waals surface area (Å²) in [6, 6.07) is 8.03. The van der Waals surface area contributed by atoms with Gasteiger partial charge in [-0.15, -0.1) is 0 Å². The van der Waals surface area contributed by atoms with Gasteiger partial charge in [-0.25, -0.2) is 0 Å². The molecule has 0 unspecified atom stereocenters. The Balaban J connectivity index is 1.28. The lowest BCUT2D eigenvalue weighted by Crippen LogP contribution is -2.36. The summed E-state index contributed by atoms with van der Waals surface area (Å²) in [5, 5.41) is 19.1. The van der Waals surface area contributed by atoms with Crippen molar-refractivity contribution >= 4 is 5.91 Å². The van der Waals surface area contributed by atoms with Gasteiger partial charge in [0, 0.05) is 25.6 Å². The fraction of sp³-hybridized carbons (Fsp3) is 0.519. The van der Waals surface area contributed by atoms with Crippen molar-refractivity contribution in [3.8, 4) is 11.5 Å². The van der Waals surface area contributed by atoms with Crippen molar-refractivity contribution in [2.45, 2.75) is 44.8 Å². The van der Waals surface area contributed by atoms with Crippen LogP contribution in [0.1, 0.15) is 45.7 Å². The minimum Gasteiger partial charge on any atom is -0.493 e. The largest absolute Gasteiger partial charge is 0.493 e. The Labute approximate surface area is 201 Å². The summed E-state index contributed by atoms with van der Waals surface area (Å²) in [5.74, 6) is 2.20. The van der Waals surface area contributed by atoms with E-state index in [1.165, 1.54) is 11.1 Å². The van der Waals surface area contributed by atoms with Gasteiger partial charge in [-0.2, -0.15) is 0 Å². The van der Waals surface area contributed by atoms with Gasteiger partial charge in [0.25, 0.3) is 0 Å². The number of likely N-dealkylation sites (N-methyl/N-ethyl adjacent to an activating group) is 1. The molecule has 0 aromatic heterocycles. The predicted molar refractivity (Wildman–Crippen MR) is 130 cm³/mol. The van der Waals surface area contributed by atoms with Gasteiger partial charge in [0.15, 0.2) is 11.5 Å². The quantitative estimate of drug-likeness (QED) is 0.557. The smallest absolute Gasteiger partial charge is 0.227 e. The Kier molecular flexibility index (Phi) is 7.76. The number of carbonyl (C=O) groups excluding carboxylic acids is 1. The van der Waals surface area contributed by atoms with Crippen LogP contribution < -0.4 is 9.47 Å². The number of hydrogen-bond donors (Lipinski definition) is 2. The van der Waals surface area contributed by atoms with Gasteiger partial charge >= 0.3 is 0 Å². The first-order valence-corrected chi connectivity index (χ1v) is 12.0. The first-order chi connectivity index (χ1) is 16.5. The highest BCUT2D eigenvalue weighted by molar-refractivity contribution is 5.80. The van der Waals surface area contributed by atoms with Crippen molar-refractivity contribution in [1.29, 1.82) is 0 Å². The average Bonchev–Trinajstić information content (AvgIpc) is 2.98. The van der Waals surface area contributed by atoms with Crippen LogP contribution >= 0.6 is 0 Å². The van der Waals surface area contributed by atoms with E-state index < -0.39 is 0 Å². The number of methoxy groups -OCH3 is 2. The number of benzene rings is 2. The third-order valence-electron chi connectivity index (χ3n) is 7.26. The van der Waals surface area contributed by atoms with Gasteiger partial charge in [-0.05, 0) is 78.4 Å². The third kappa shape index (κ3) is 5.06. The molecule has 34 heavy (non-hydrogen) atoms. The van der Waals surface area contributed by atoms with E-state index in [1.807, 2.05) is 17.0 Å². The minimum absolute atomic E-state index is 0.0983. The molecule has 2 aromatic rings. The molecule has 0 saturated heterocycles. The van der Waals surface area contributed by atoms with Crippen molar-refractivity contribution in [2.24, 2.45) is 0 Å². The van der Waals surface area contributed by atoms with Crippen molar-refractivity contribution in [1.82, 2.24) is 9.80 Å². The first kappa shape index (κ1) is 24.5. The van der Waals surface area contributed by atoms with Gasteiger partial charge in [0.05, 0.1) is 33.9 Å². The van der Waals surface area contributed by atoms with Crippen LogP contribution in [0, 0.1) is 0 Å². The van der Waals surface area contributed by atoms with Crippen molar-refractivity contribution in [2.75, 3.05) is 47.4 Å². The lowest BCUT2D eigenvalue weighted by atomic mass is 9.77.